The van der Waals surface area contributed by atoms with Gasteiger partial charge in [0.25, 0.3) is 0 Å². The third-order valence-electron chi connectivity index (χ3n) is 3.62. The molecule has 0 bridgehead atoms. The van der Waals surface area contributed by atoms with Crippen molar-refractivity contribution in [2.75, 3.05) is 22.1 Å². The molecule has 1 aromatic heterocycles. The van der Waals surface area contributed by atoms with Gasteiger partial charge in [0.15, 0.2) is 0 Å². The van der Waals surface area contributed by atoms with Gasteiger partial charge in [-0.2, -0.15) is 15.0 Å². The number of carbonyl (C=O) groups is 1. The van der Waals surface area contributed by atoms with Crippen molar-refractivity contribution in [2.24, 2.45) is 0 Å². The third-order valence-corrected chi connectivity index (χ3v) is 4.88. The van der Waals surface area contributed by atoms with E-state index in [0.29, 0.717) is 28.2 Å². The molecule has 4 N–H and O–H groups in total. The first-order chi connectivity index (χ1) is 13.5. The summed E-state index contributed by atoms with van der Waals surface area (Å²) in [5.41, 5.74) is 8.38. The van der Waals surface area contributed by atoms with Crippen molar-refractivity contribution < 1.29 is 4.79 Å². The van der Waals surface area contributed by atoms with Gasteiger partial charge in [-0.05, 0) is 31.2 Å². The highest BCUT2D eigenvalue weighted by atomic mass is 35.5. The molecule has 144 valence electrons. The number of rotatable bonds is 7. The van der Waals surface area contributed by atoms with Crippen LogP contribution in [0.25, 0.3) is 0 Å². The van der Waals surface area contributed by atoms with E-state index in [9.17, 15) is 4.79 Å². The van der Waals surface area contributed by atoms with Crippen LogP contribution in [-0.2, 0) is 10.5 Å². The Morgan fingerprint density at radius 2 is 1.86 bits per heavy atom. The number of hydrogen-bond donors (Lipinski definition) is 3. The summed E-state index contributed by atoms with van der Waals surface area (Å²) in [6.45, 7) is 2.02. The Labute approximate surface area is 172 Å². The quantitative estimate of drug-likeness (QED) is 0.535. The second-order valence-electron chi connectivity index (χ2n) is 5.95. The number of benzene rings is 2. The van der Waals surface area contributed by atoms with Crippen LogP contribution in [-0.4, -0.2) is 26.6 Å². The van der Waals surface area contributed by atoms with E-state index in [1.54, 1.807) is 18.2 Å². The van der Waals surface area contributed by atoms with Crippen molar-refractivity contribution in [2.45, 2.75) is 12.7 Å². The molecule has 7 nitrogen and oxygen atoms in total. The van der Waals surface area contributed by atoms with Crippen LogP contribution in [0.2, 0.25) is 5.02 Å². The van der Waals surface area contributed by atoms with Crippen molar-refractivity contribution in [3.05, 3.63) is 64.9 Å². The fraction of sp³-hybridized carbons (Fsp3) is 0.158. The van der Waals surface area contributed by atoms with E-state index in [1.807, 2.05) is 37.3 Å². The number of halogens is 1. The van der Waals surface area contributed by atoms with Gasteiger partial charge in [-0.3, -0.25) is 4.79 Å². The number of thioether (sulfide) groups is 1. The molecule has 0 aliphatic heterocycles. The second-order valence-corrected chi connectivity index (χ2v) is 7.34. The third kappa shape index (κ3) is 5.83. The molecule has 0 unspecified atom stereocenters. The topological polar surface area (TPSA) is 106 Å². The number of nitrogens with two attached hydrogens (primary N) is 1. The monoisotopic (exact) mass is 414 g/mol. The highest BCUT2D eigenvalue weighted by Gasteiger charge is 2.09. The van der Waals surface area contributed by atoms with E-state index >= 15 is 0 Å². The smallest absolute Gasteiger partial charge is 0.234 e. The Bertz CT molecular complexity index is 967. The van der Waals surface area contributed by atoms with E-state index in [1.165, 1.54) is 11.8 Å². The summed E-state index contributed by atoms with van der Waals surface area (Å²) in [5, 5.41) is 6.38. The number of nitrogens with one attached hydrogen (secondary N) is 2. The Kier molecular flexibility index (Phi) is 6.67. The number of hydrogen-bond acceptors (Lipinski definition) is 7. The zero-order valence-electron chi connectivity index (χ0n) is 15.1. The van der Waals surface area contributed by atoms with Crippen molar-refractivity contribution >= 4 is 52.5 Å². The predicted molar refractivity (Wildman–Crippen MR) is 115 cm³/mol. The molecule has 0 fully saturated rings. The largest absolute Gasteiger partial charge is 0.368 e. The van der Waals surface area contributed by atoms with Crippen LogP contribution < -0.4 is 16.4 Å². The molecule has 3 aromatic rings. The first-order valence-corrected chi connectivity index (χ1v) is 9.99. The van der Waals surface area contributed by atoms with Gasteiger partial charge >= 0.3 is 0 Å². The minimum absolute atomic E-state index is 0.126. The van der Waals surface area contributed by atoms with E-state index in [4.69, 9.17) is 17.3 Å². The highest BCUT2D eigenvalue weighted by molar-refractivity contribution is 7.99. The minimum atomic E-state index is -0.155. The molecule has 1 heterocycles. The van der Waals surface area contributed by atoms with E-state index in [2.05, 4.69) is 25.6 Å². The molecule has 0 aliphatic carbocycles. The summed E-state index contributed by atoms with van der Waals surface area (Å²) in [5.74, 6) is 1.49. The van der Waals surface area contributed by atoms with Crippen molar-refractivity contribution in [1.29, 1.82) is 0 Å². The lowest BCUT2D eigenvalue weighted by atomic mass is 10.2. The summed E-state index contributed by atoms with van der Waals surface area (Å²) in [6.07, 6.45) is 0. The average Bonchev–Trinajstić information content (AvgIpc) is 2.65. The molecule has 0 saturated heterocycles. The molecule has 3 rings (SSSR count). The van der Waals surface area contributed by atoms with Crippen LogP contribution in [0.4, 0.5) is 23.3 Å². The SMILES string of the molecule is Cc1ccc(Nc2nc(N)nc(CSCC(=O)Nc3ccccc3Cl)n2)cc1. The summed E-state index contributed by atoms with van der Waals surface area (Å²) in [7, 11) is 0. The standard InChI is InChI=1S/C19H19ClN6OS/c1-12-6-8-13(9-7-12)22-19-25-16(24-18(21)26-19)10-28-11-17(27)23-15-5-3-2-4-14(15)20/h2-9H,10-11H2,1H3,(H,23,27)(H3,21,22,24,25,26). The van der Waals surface area contributed by atoms with E-state index in [0.717, 1.165) is 11.3 Å². The number of aryl methyl sites for hydroxylation is 1. The number of anilines is 4. The molecule has 0 radical (unpaired) electrons. The number of aromatic nitrogens is 3. The van der Waals surface area contributed by atoms with Gasteiger partial charge in [0.1, 0.15) is 5.82 Å². The minimum Gasteiger partial charge on any atom is -0.368 e. The second kappa shape index (κ2) is 9.38. The Morgan fingerprint density at radius 3 is 2.61 bits per heavy atom. The number of nitrogen functional groups attached to an aromatic ring is 1. The Balaban J connectivity index is 1.55. The number of carbonyl (C=O) groups excluding carboxylic acids is 1. The molecule has 0 aliphatic rings. The molecule has 0 spiro atoms. The fourth-order valence-electron chi connectivity index (χ4n) is 2.31. The van der Waals surface area contributed by atoms with Crippen LogP contribution in [0.5, 0.6) is 0 Å². The first-order valence-electron chi connectivity index (χ1n) is 8.46. The van der Waals surface area contributed by atoms with Gasteiger partial charge in [0.05, 0.1) is 22.2 Å². The molecule has 28 heavy (non-hydrogen) atoms. The lowest BCUT2D eigenvalue weighted by Gasteiger charge is -2.08. The number of amides is 1. The number of nitrogens with zero attached hydrogens (tertiary/aromatic N) is 3. The lowest BCUT2D eigenvalue weighted by molar-refractivity contribution is -0.113. The fourth-order valence-corrected chi connectivity index (χ4v) is 3.16. The molecular formula is C19H19ClN6OS. The van der Waals surface area contributed by atoms with Crippen molar-refractivity contribution in [3.63, 3.8) is 0 Å². The van der Waals surface area contributed by atoms with E-state index < -0.39 is 0 Å². The summed E-state index contributed by atoms with van der Waals surface area (Å²) in [6, 6.07) is 14.9. The Morgan fingerprint density at radius 1 is 1.11 bits per heavy atom. The van der Waals surface area contributed by atoms with Crippen LogP contribution in [0, 0.1) is 6.92 Å². The summed E-state index contributed by atoms with van der Waals surface area (Å²) < 4.78 is 0. The maximum atomic E-state index is 12.1. The maximum Gasteiger partial charge on any atom is 0.234 e. The molecule has 9 heteroatoms. The van der Waals surface area contributed by atoms with Gasteiger partial charge in [0, 0.05) is 5.69 Å². The van der Waals surface area contributed by atoms with Crippen molar-refractivity contribution in [1.82, 2.24) is 15.0 Å². The molecule has 2 aromatic carbocycles. The van der Waals surface area contributed by atoms with Crippen LogP contribution in [0.3, 0.4) is 0 Å². The summed E-state index contributed by atoms with van der Waals surface area (Å²) >= 11 is 7.41. The first kappa shape index (κ1) is 19.9. The van der Waals surface area contributed by atoms with Crippen LogP contribution >= 0.6 is 23.4 Å². The van der Waals surface area contributed by atoms with Gasteiger partial charge in [0.2, 0.25) is 17.8 Å². The van der Waals surface area contributed by atoms with Gasteiger partial charge < -0.3 is 16.4 Å². The predicted octanol–water partition coefficient (Wildman–Crippen LogP) is 4.03. The van der Waals surface area contributed by atoms with Crippen LogP contribution in [0.1, 0.15) is 11.4 Å². The Hall–Kier alpha value is -2.84. The summed E-state index contributed by atoms with van der Waals surface area (Å²) in [4.78, 5) is 24.7. The molecule has 0 saturated carbocycles. The lowest BCUT2D eigenvalue weighted by Crippen LogP contribution is -2.14. The average molecular weight is 415 g/mol. The normalized spacial score (nSPS) is 10.5. The molecule has 1 amide bonds. The van der Waals surface area contributed by atoms with Gasteiger partial charge in [-0.25, -0.2) is 0 Å². The maximum absolute atomic E-state index is 12.1. The van der Waals surface area contributed by atoms with Crippen molar-refractivity contribution in [3.8, 4) is 0 Å². The van der Waals surface area contributed by atoms with Gasteiger partial charge in [-0.15, -0.1) is 11.8 Å². The number of para-hydroxylation sites is 1. The molecule has 0 atom stereocenters. The highest BCUT2D eigenvalue weighted by Crippen LogP contribution is 2.21. The van der Waals surface area contributed by atoms with Crippen LogP contribution in [0.15, 0.2) is 48.5 Å². The zero-order valence-corrected chi connectivity index (χ0v) is 16.7. The van der Waals surface area contributed by atoms with Gasteiger partial charge in [-0.1, -0.05) is 41.4 Å². The zero-order chi connectivity index (χ0) is 19.9. The molecular weight excluding hydrogens is 396 g/mol. The van der Waals surface area contributed by atoms with E-state index in [-0.39, 0.29) is 17.6 Å².